The molecule has 1 aromatic carbocycles. The van der Waals surface area contributed by atoms with Gasteiger partial charge in [-0.3, -0.25) is 4.99 Å². The van der Waals surface area contributed by atoms with Crippen molar-refractivity contribution in [3.63, 3.8) is 0 Å². The molecule has 7 heteroatoms. The van der Waals surface area contributed by atoms with E-state index >= 15 is 0 Å². The number of hydrogen-bond acceptors (Lipinski definition) is 2. The lowest BCUT2D eigenvalue weighted by Crippen LogP contribution is -2.40. The van der Waals surface area contributed by atoms with Crippen LogP contribution in [0.1, 0.15) is 31.4 Å². The zero-order chi connectivity index (χ0) is 15.9. The molecular weight excluding hydrogens is 448 g/mol. The third-order valence-electron chi connectivity index (χ3n) is 3.60. The molecule has 23 heavy (non-hydrogen) atoms. The molecule has 1 aromatic rings. The van der Waals surface area contributed by atoms with Crippen molar-refractivity contribution >= 4 is 53.1 Å². The number of halogens is 3. The predicted molar refractivity (Wildman–Crippen MR) is 108 cm³/mol. The molecule has 4 nitrogen and oxygen atoms in total. The van der Waals surface area contributed by atoms with Crippen LogP contribution < -0.4 is 10.6 Å². The molecule has 1 aliphatic carbocycles. The van der Waals surface area contributed by atoms with E-state index in [0.29, 0.717) is 16.7 Å². The summed E-state index contributed by atoms with van der Waals surface area (Å²) in [5, 5.41) is 7.84. The Bertz CT molecular complexity index is 524. The lowest BCUT2D eigenvalue weighted by Gasteiger charge is -2.19. The van der Waals surface area contributed by atoms with E-state index in [9.17, 15) is 0 Å². The Kier molecular flexibility index (Phi) is 9.58. The second kappa shape index (κ2) is 10.6. The zero-order valence-electron chi connectivity index (χ0n) is 13.4. The van der Waals surface area contributed by atoms with Crippen LogP contribution in [0.25, 0.3) is 0 Å². The van der Waals surface area contributed by atoms with Gasteiger partial charge in [0.1, 0.15) is 0 Å². The van der Waals surface area contributed by atoms with Crippen LogP contribution in [-0.4, -0.2) is 32.8 Å². The minimum atomic E-state index is 0. The van der Waals surface area contributed by atoms with Gasteiger partial charge in [0.25, 0.3) is 0 Å². The van der Waals surface area contributed by atoms with Crippen LogP contribution in [0.2, 0.25) is 10.0 Å². The van der Waals surface area contributed by atoms with Crippen molar-refractivity contribution in [2.24, 2.45) is 10.9 Å². The van der Waals surface area contributed by atoms with Gasteiger partial charge in [-0.15, -0.1) is 24.0 Å². The molecule has 0 amide bonds. The fourth-order valence-electron chi connectivity index (χ4n) is 2.11. The molecule has 0 aromatic heterocycles. The highest BCUT2D eigenvalue weighted by atomic mass is 127. The summed E-state index contributed by atoms with van der Waals surface area (Å²) in [5.41, 5.74) is 0.985. The maximum atomic E-state index is 6.23. The number of rotatable bonds is 7. The molecule has 2 rings (SSSR count). The minimum Gasteiger partial charge on any atom is -0.379 e. The quantitative estimate of drug-likeness (QED) is 0.270. The first-order valence-corrected chi connectivity index (χ1v) is 8.35. The van der Waals surface area contributed by atoms with Crippen LogP contribution >= 0.6 is 47.2 Å². The Hall–Kier alpha value is -0.240. The Morgan fingerprint density at radius 3 is 2.74 bits per heavy atom. The summed E-state index contributed by atoms with van der Waals surface area (Å²) < 4.78 is 5.59. The van der Waals surface area contributed by atoms with Gasteiger partial charge in [0.2, 0.25) is 0 Å². The summed E-state index contributed by atoms with van der Waals surface area (Å²) in [6.45, 7) is 4.33. The van der Waals surface area contributed by atoms with Crippen LogP contribution in [-0.2, 0) is 4.74 Å². The summed E-state index contributed by atoms with van der Waals surface area (Å²) in [5.74, 6) is 1.53. The standard InChI is InChI=1S/C16H23Cl2N3O.HI/c1-11(14-6-5-13(17)9-15(14)18)21-16(19-2)20-7-8-22-10-12-3-4-12;/h5-6,9,11-12H,3-4,7-8,10H2,1-2H3,(H2,19,20,21);1H. The summed E-state index contributed by atoms with van der Waals surface area (Å²) in [7, 11) is 1.75. The minimum absolute atomic E-state index is 0. The van der Waals surface area contributed by atoms with Crippen LogP contribution in [0.3, 0.4) is 0 Å². The predicted octanol–water partition coefficient (Wildman–Crippen LogP) is 4.26. The molecule has 1 atom stereocenters. The van der Waals surface area contributed by atoms with Gasteiger partial charge >= 0.3 is 0 Å². The van der Waals surface area contributed by atoms with Crippen molar-refractivity contribution < 1.29 is 4.74 Å². The van der Waals surface area contributed by atoms with E-state index < -0.39 is 0 Å². The van der Waals surface area contributed by atoms with Crippen LogP contribution in [0.15, 0.2) is 23.2 Å². The van der Waals surface area contributed by atoms with Crippen LogP contribution in [0, 0.1) is 5.92 Å². The number of aliphatic imine (C=N–C) groups is 1. The fraction of sp³-hybridized carbons (Fsp3) is 0.562. The van der Waals surface area contributed by atoms with Crippen molar-refractivity contribution in [1.29, 1.82) is 0 Å². The van der Waals surface area contributed by atoms with E-state index in [1.54, 1.807) is 13.1 Å². The maximum Gasteiger partial charge on any atom is 0.191 e. The lowest BCUT2D eigenvalue weighted by atomic mass is 10.1. The monoisotopic (exact) mass is 471 g/mol. The first kappa shape index (κ1) is 20.8. The van der Waals surface area contributed by atoms with Crippen molar-refractivity contribution in [1.82, 2.24) is 10.6 Å². The van der Waals surface area contributed by atoms with Gasteiger partial charge in [-0.05, 0) is 43.4 Å². The van der Waals surface area contributed by atoms with Gasteiger partial charge in [-0.1, -0.05) is 29.3 Å². The highest BCUT2D eigenvalue weighted by molar-refractivity contribution is 14.0. The molecular formula is C16H24Cl2IN3O. The number of nitrogens with one attached hydrogen (secondary N) is 2. The number of hydrogen-bond donors (Lipinski definition) is 2. The number of benzene rings is 1. The molecule has 0 bridgehead atoms. The normalized spacial score (nSPS) is 15.7. The smallest absolute Gasteiger partial charge is 0.191 e. The van der Waals surface area contributed by atoms with E-state index in [1.807, 2.05) is 19.1 Å². The molecule has 1 saturated carbocycles. The third-order valence-corrected chi connectivity index (χ3v) is 4.16. The maximum absolute atomic E-state index is 6.23. The van der Waals surface area contributed by atoms with E-state index in [4.69, 9.17) is 27.9 Å². The van der Waals surface area contributed by atoms with E-state index in [2.05, 4.69) is 15.6 Å². The van der Waals surface area contributed by atoms with Crippen LogP contribution in [0.4, 0.5) is 0 Å². The van der Waals surface area contributed by atoms with Crippen molar-refractivity contribution in [3.8, 4) is 0 Å². The molecule has 0 radical (unpaired) electrons. The number of guanidine groups is 1. The lowest BCUT2D eigenvalue weighted by molar-refractivity contribution is 0.129. The molecule has 1 unspecified atom stereocenters. The van der Waals surface area contributed by atoms with Crippen LogP contribution in [0.5, 0.6) is 0 Å². The molecule has 0 aliphatic heterocycles. The molecule has 0 heterocycles. The number of nitrogens with zero attached hydrogens (tertiary/aromatic N) is 1. The Morgan fingerprint density at radius 2 is 2.13 bits per heavy atom. The Balaban J connectivity index is 0.00000264. The highest BCUT2D eigenvalue weighted by Gasteiger charge is 2.20. The summed E-state index contributed by atoms with van der Waals surface area (Å²) >= 11 is 12.2. The first-order valence-electron chi connectivity index (χ1n) is 7.60. The summed E-state index contributed by atoms with van der Waals surface area (Å²) in [6, 6.07) is 5.54. The zero-order valence-corrected chi connectivity index (χ0v) is 17.3. The average molecular weight is 472 g/mol. The highest BCUT2D eigenvalue weighted by Crippen LogP contribution is 2.28. The molecule has 1 aliphatic rings. The van der Waals surface area contributed by atoms with E-state index in [-0.39, 0.29) is 30.0 Å². The van der Waals surface area contributed by atoms with Gasteiger partial charge < -0.3 is 15.4 Å². The molecule has 2 N–H and O–H groups in total. The van der Waals surface area contributed by atoms with E-state index in [1.165, 1.54) is 12.8 Å². The average Bonchev–Trinajstić information content (AvgIpc) is 3.29. The second-order valence-electron chi connectivity index (χ2n) is 5.55. The van der Waals surface area contributed by atoms with Gasteiger partial charge in [0, 0.05) is 30.2 Å². The van der Waals surface area contributed by atoms with Gasteiger partial charge in [-0.25, -0.2) is 0 Å². The Morgan fingerprint density at radius 1 is 1.39 bits per heavy atom. The molecule has 1 fully saturated rings. The summed E-state index contributed by atoms with van der Waals surface area (Å²) in [4.78, 5) is 4.22. The molecule has 0 saturated heterocycles. The molecule has 0 spiro atoms. The number of ether oxygens (including phenoxy) is 1. The van der Waals surface area contributed by atoms with Gasteiger partial charge in [0.05, 0.1) is 12.6 Å². The van der Waals surface area contributed by atoms with E-state index in [0.717, 1.165) is 30.6 Å². The SMILES string of the molecule is CN=C(NCCOCC1CC1)NC(C)c1ccc(Cl)cc1Cl.I. The Labute approximate surface area is 165 Å². The second-order valence-corrected chi connectivity index (χ2v) is 6.39. The topological polar surface area (TPSA) is 45.7 Å². The largest absolute Gasteiger partial charge is 0.379 e. The third kappa shape index (κ3) is 7.45. The van der Waals surface area contributed by atoms with Gasteiger partial charge in [0.15, 0.2) is 5.96 Å². The summed E-state index contributed by atoms with van der Waals surface area (Å²) in [6.07, 6.45) is 2.63. The molecule has 130 valence electrons. The fourth-order valence-corrected chi connectivity index (χ4v) is 2.68. The van der Waals surface area contributed by atoms with Crippen molar-refractivity contribution in [2.75, 3.05) is 26.8 Å². The van der Waals surface area contributed by atoms with Gasteiger partial charge in [-0.2, -0.15) is 0 Å². The van der Waals surface area contributed by atoms with Crippen molar-refractivity contribution in [2.45, 2.75) is 25.8 Å². The first-order chi connectivity index (χ1) is 10.6. The van der Waals surface area contributed by atoms with Crippen molar-refractivity contribution in [3.05, 3.63) is 33.8 Å².